The normalized spacial score (nSPS) is 15.8. The Morgan fingerprint density at radius 1 is 0.893 bits per heavy atom. The molecule has 5 rings (SSSR count). The van der Waals surface area contributed by atoms with E-state index in [1.54, 1.807) is 35.9 Å². The lowest BCUT2D eigenvalue weighted by atomic mass is 9.99. The third-order valence-corrected chi connectivity index (χ3v) is 5.42. The Hall–Kier alpha value is -3.20. The van der Waals surface area contributed by atoms with Gasteiger partial charge in [-0.1, -0.05) is 24.3 Å². The quantitative estimate of drug-likeness (QED) is 0.345. The molecule has 28 heavy (non-hydrogen) atoms. The number of rotatable bonds is 1. The van der Waals surface area contributed by atoms with Gasteiger partial charge in [0.05, 0.1) is 11.1 Å². The number of pyridine rings is 2. The van der Waals surface area contributed by atoms with Crippen LogP contribution in [0.25, 0.3) is 44.2 Å². The van der Waals surface area contributed by atoms with Crippen LogP contribution in [0.3, 0.4) is 0 Å². The Balaban J connectivity index is 1.84. The molecule has 3 nitrogen and oxygen atoms in total. The van der Waals surface area contributed by atoms with Crippen LogP contribution >= 0.6 is 0 Å². The molecule has 0 atom stereocenters. The zero-order valence-electron chi connectivity index (χ0n) is 21.9. The van der Waals surface area contributed by atoms with Gasteiger partial charge in [-0.05, 0) is 56.4 Å². The number of hydrogen-bond acceptors (Lipinski definition) is 2. The van der Waals surface area contributed by atoms with Crippen molar-refractivity contribution < 1.29 is 17.2 Å². The number of aromatic nitrogens is 2. The number of furan rings is 1. The zero-order valence-corrected chi connectivity index (χ0v) is 15.9. The average molecular weight is 374 g/mol. The van der Waals surface area contributed by atoms with Gasteiger partial charge in [-0.15, -0.1) is 0 Å². The van der Waals surface area contributed by atoms with Gasteiger partial charge in [0, 0.05) is 36.0 Å². The molecule has 0 aliphatic heterocycles. The average Bonchev–Trinajstić information content (AvgIpc) is 3.09. The molecule has 2 aromatic carbocycles. The molecule has 3 heterocycles. The van der Waals surface area contributed by atoms with Gasteiger partial charge in [0.2, 0.25) is 11.4 Å². The van der Waals surface area contributed by atoms with E-state index in [-0.39, 0.29) is 5.56 Å². The summed E-state index contributed by atoms with van der Waals surface area (Å²) in [6.45, 7) is -0.688. The predicted octanol–water partition coefficient (Wildman–Crippen LogP) is 5.86. The standard InChI is InChI=1S/C25H23N2O/c1-14-7-6-8-21-19(14)12-20-18-10-9-15(2)23(24(18)28-25(20)26-21)22-11-16(3)17(4)13-27(22)5/h6-13H,1-5H3/q+1/i1D3,4D3. The summed E-state index contributed by atoms with van der Waals surface area (Å²) >= 11 is 0. The van der Waals surface area contributed by atoms with Crippen molar-refractivity contribution in [2.75, 3.05) is 0 Å². The molecule has 5 aromatic rings. The largest absolute Gasteiger partial charge is 0.437 e. The Bertz CT molecular complexity index is 1610. The first-order valence-electron chi connectivity index (χ1n) is 12.1. The molecule has 0 N–H and O–H groups in total. The van der Waals surface area contributed by atoms with Crippen LogP contribution < -0.4 is 4.57 Å². The predicted molar refractivity (Wildman–Crippen MR) is 115 cm³/mol. The third-order valence-electron chi connectivity index (χ3n) is 5.42. The molecule has 0 aliphatic rings. The molecule has 138 valence electrons. The summed E-state index contributed by atoms with van der Waals surface area (Å²) in [5.74, 6) is 0. The van der Waals surface area contributed by atoms with Crippen molar-refractivity contribution in [3.8, 4) is 11.3 Å². The maximum Gasteiger partial charge on any atom is 0.227 e. The van der Waals surface area contributed by atoms with E-state index in [0.29, 0.717) is 33.3 Å². The summed E-state index contributed by atoms with van der Waals surface area (Å²) in [6, 6.07) is 12.7. The van der Waals surface area contributed by atoms with E-state index in [9.17, 15) is 0 Å². The van der Waals surface area contributed by atoms with Gasteiger partial charge < -0.3 is 4.42 Å². The number of benzene rings is 2. The van der Waals surface area contributed by atoms with E-state index in [0.717, 1.165) is 27.6 Å². The van der Waals surface area contributed by atoms with E-state index in [4.69, 9.17) is 12.6 Å². The Kier molecular flexibility index (Phi) is 2.44. The van der Waals surface area contributed by atoms with Gasteiger partial charge in [-0.3, -0.25) is 0 Å². The lowest BCUT2D eigenvalue weighted by Gasteiger charge is -2.07. The molecule has 0 aliphatic carbocycles. The minimum absolute atomic E-state index is 0.253. The van der Waals surface area contributed by atoms with Crippen LogP contribution in [0, 0.1) is 27.6 Å². The van der Waals surface area contributed by atoms with Gasteiger partial charge in [0.1, 0.15) is 7.05 Å². The second-order valence-corrected chi connectivity index (χ2v) is 7.32. The minimum Gasteiger partial charge on any atom is -0.437 e. The summed E-state index contributed by atoms with van der Waals surface area (Å²) in [7, 11) is 1.82. The van der Waals surface area contributed by atoms with Crippen molar-refractivity contribution in [2.24, 2.45) is 7.05 Å². The van der Waals surface area contributed by atoms with E-state index in [1.807, 2.05) is 38.2 Å². The Morgan fingerprint density at radius 2 is 1.75 bits per heavy atom. The molecule has 0 amide bonds. The number of fused-ring (bicyclic) bond motifs is 4. The molecule has 0 spiro atoms. The molecule has 0 unspecified atom stereocenters. The first kappa shape index (κ1) is 11.6. The smallest absolute Gasteiger partial charge is 0.227 e. The summed E-state index contributed by atoms with van der Waals surface area (Å²) in [4.78, 5) is 4.64. The van der Waals surface area contributed by atoms with Crippen LogP contribution in [0.1, 0.15) is 30.5 Å². The van der Waals surface area contributed by atoms with Crippen molar-refractivity contribution >= 4 is 33.0 Å². The highest BCUT2D eigenvalue weighted by Crippen LogP contribution is 2.37. The van der Waals surface area contributed by atoms with Gasteiger partial charge in [-0.25, -0.2) is 9.55 Å². The molecule has 3 aromatic heterocycles. The molecule has 0 bridgehead atoms. The molecule has 0 saturated carbocycles. The van der Waals surface area contributed by atoms with E-state index < -0.39 is 13.7 Å². The molecule has 0 fully saturated rings. The van der Waals surface area contributed by atoms with Crippen LogP contribution in [0.4, 0.5) is 0 Å². The van der Waals surface area contributed by atoms with Gasteiger partial charge in [-0.2, -0.15) is 0 Å². The second kappa shape index (κ2) is 5.90. The van der Waals surface area contributed by atoms with Crippen molar-refractivity contribution in [3.63, 3.8) is 0 Å². The van der Waals surface area contributed by atoms with Crippen LogP contribution in [-0.4, -0.2) is 4.98 Å². The maximum absolute atomic E-state index is 7.91. The number of aryl methyl sites for hydroxylation is 5. The topological polar surface area (TPSA) is 29.9 Å². The molecular weight excluding hydrogens is 344 g/mol. The van der Waals surface area contributed by atoms with Gasteiger partial charge in [0.25, 0.3) is 0 Å². The van der Waals surface area contributed by atoms with Crippen molar-refractivity contribution in [1.29, 1.82) is 0 Å². The van der Waals surface area contributed by atoms with Crippen molar-refractivity contribution in [2.45, 2.75) is 27.6 Å². The summed E-state index contributed by atoms with van der Waals surface area (Å²) in [5.41, 5.74) is 5.48. The zero-order chi connectivity index (χ0) is 24.6. The highest BCUT2D eigenvalue weighted by atomic mass is 16.3. The van der Waals surface area contributed by atoms with E-state index in [1.165, 1.54) is 0 Å². The SMILES string of the molecule is [2H]C([2H])([2H])c1c[n+](C)c(-c2c(C)ccc3c2oc2nc4cccc(C([2H])([2H])[2H])c4cc23)cc1C. The highest BCUT2D eigenvalue weighted by Gasteiger charge is 2.22. The monoisotopic (exact) mass is 373 g/mol. The van der Waals surface area contributed by atoms with Crippen LogP contribution in [0.15, 0.2) is 53.1 Å². The molecule has 3 heteroatoms. The lowest BCUT2D eigenvalue weighted by Crippen LogP contribution is -2.31. The Morgan fingerprint density at radius 3 is 2.57 bits per heavy atom. The first-order valence-corrected chi connectivity index (χ1v) is 9.13. The fourth-order valence-corrected chi connectivity index (χ4v) is 3.86. The maximum atomic E-state index is 7.91. The van der Waals surface area contributed by atoms with E-state index in [2.05, 4.69) is 4.98 Å². The number of hydrogen-bond donors (Lipinski definition) is 0. The van der Waals surface area contributed by atoms with Gasteiger partial charge >= 0.3 is 0 Å². The lowest BCUT2D eigenvalue weighted by molar-refractivity contribution is -0.660. The van der Waals surface area contributed by atoms with Crippen molar-refractivity contribution in [1.82, 2.24) is 4.98 Å². The van der Waals surface area contributed by atoms with Crippen LogP contribution in [0.2, 0.25) is 0 Å². The molecule has 0 saturated heterocycles. The Labute approximate surface area is 172 Å². The number of nitrogens with zero attached hydrogens (tertiary/aromatic N) is 2. The van der Waals surface area contributed by atoms with Gasteiger partial charge in [0.15, 0.2) is 11.8 Å². The third kappa shape index (κ3) is 2.36. The second-order valence-electron chi connectivity index (χ2n) is 7.32. The minimum atomic E-state index is -2.26. The first-order chi connectivity index (χ1) is 15.9. The van der Waals surface area contributed by atoms with Crippen LogP contribution in [0.5, 0.6) is 0 Å². The summed E-state index contributed by atoms with van der Waals surface area (Å²) in [5, 5.41) is 2.13. The van der Waals surface area contributed by atoms with Crippen molar-refractivity contribution in [3.05, 3.63) is 70.9 Å². The fraction of sp³-hybridized carbons (Fsp3) is 0.200. The highest BCUT2D eigenvalue weighted by molar-refractivity contribution is 6.11. The molecule has 0 radical (unpaired) electrons. The molecular formula is C25H23N2O+. The van der Waals surface area contributed by atoms with Crippen LogP contribution in [-0.2, 0) is 7.05 Å². The fourth-order valence-electron chi connectivity index (χ4n) is 3.86. The van der Waals surface area contributed by atoms with E-state index >= 15 is 0 Å². The summed E-state index contributed by atoms with van der Waals surface area (Å²) < 4.78 is 55.2. The summed E-state index contributed by atoms with van der Waals surface area (Å²) in [6.07, 6.45) is 1.65.